The van der Waals surface area contributed by atoms with Gasteiger partial charge in [-0.25, -0.2) is 0 Å². The van der Waals surface area contributed by atoms with E-state index in [-0.39, 0.29) is 23.7 Å². The van der Waals surface area contributed by atoms with Gasteiger partial charge in [-0.05, 0) is 67.3 Å². The number of hydrogen-bond donors (Lipinski definition) is 2. The zero-order chi connectivity index (χ0) is 16.9. The maximum atomic E-state index is 13.1. The van der Waals surface area contributed by atoms with E-state index in [1.807, 2.05) is 0 Å². The summed E-state index contributed by atoms with van der Waals surface area (Å²) in [6.45, 7) is 7.68. The number of nitrogens with two attached hydrogens (primary N) is 1. The lowest BCUT2D eigenvalue weighted by Crippen LogP contribution is -2.58. The van der Waals surface area contributed by atoms with Crippen LogP contribution in [0.25, 0.3) is 0 Å². The van der Waals surface area contributed by atoms with Crippen LogP contribution in [0.15, 0.2) is 11.6 Å². The minimum Gasteiger partial charge on any atom is -0.395 e. The van der Waals surface area contributed by atoms with Gasteiger partial charge in [-0.1, -0.05) is 32.8 Å². The van der Waals surface area contributed by atoms with Gasteiger partial charge in [-0.15, -0.1) is 0 Å². The zero-order valence-corrected chi connectivity index (χ0v) is 15.0. The van der Waals surface area contributed by atoms with Crippen molar-refractivity contribution in [2.45, 2.75) is 65.7 Å². The summed E-state index contributed by atoms with van der Waals surface area (Å²) in [7, 11) is 0. The zero-order valence-electron chi connectivity index (χ0n) is 15.0. The predicted molar refractivity (Wildman–Crippen MR) is 92.9 cm³/mol. The Hall–Kier alpha value is -0.670. The van der Waals surface area contributed by atoms with Crippen molar-refractivity contribution in [2.75, 3.05) is 13.2 Å². The Bertz CT molecular complexity index is 524. The molecule has 0 spiro atoms. The fourth-order valence-electron chi connectivity index (χ4n) is 6.57. The van der Waals surface area contributed by atoms with Crippen LogP contribution in [0.3, 0.4) is 0 Å². The van der Waals surface area contributed by atoms with E-state index in [4.69, 9.17) is 5.73 Å². The van der Waals surface area contributed by atoms with E-state index >= 15 is 0 Å². The average molecular weight is 319 g/mol. The highest BCUT2D eigenvalue weighted by atomic mass is 16.3. The predicted octanol–water partition coefficient (Wildman–Crippen LogP) is 3.46. The van der Waals surface area contributed by atoms with Crippen LogP contribution in [0.1, 0.15) is 65.7 Å². The Labute approximate surface area is 140 Å². The first-order valence-corrected chi connectivity index (χ1v) is 9.35. The van der Waals surface area contributed by atoms with Crippen molar-refractivity contribution in [3.63, 3.8) is 0 Å². The topological polar surface area (TPSA) is 63.3 Å². The molecule has 3 heteroatoms. The first-order chi connectivity index (χ1) is 10.8. The Balaban J connectivity index is 2.05. The molecule has 3 aliphatic carbocycles. The molecular weight excluding hydrogens is 286 g/mol. The van der Waals surface area contributed by atoms with E-state index in [1.54, 1.807) is 6.08 Å². The van der Waals surface area contributed by atoms with E-state index in [1.165, 1.54) is 19.3 Å². The molecule has 0 saturated heterocycles. The lowest BCUT2D eigenvalue weighted by Gasteiger charge is -2.62. The fraction of sp³-hybridized carbons (Fsp3) is 0.850. The molecule has 4 unspecified atom stereocenters. The van der Waals surface area contributed by atoms with Crippen molar-refractivity contribution in [1.82, 2.24) is 0 Å². The Morgan fingerprint density at radius 2 is 1.91 bits per heavy atom. The second kappa shape index (κ2) is 5.70. The van der Waals surface area contributed by atoms with Crippen molar-refractivity contribution in [3.05, 3.63) is 11.6 Å². The molecule has 23 heavy (non-hydrogen) atoms. The smallest absolute Gasteiger partial charge is 0.164 e. The van der Waals surface area contributed by atoms with Crippen molar-refractivity contribution in [1.29, 1.82) is 0 Å². The van der Waals surface area contributed by atoms with Crippen LogP contribution in [0.5, 0.6) is 0 Å². The summed E-state index contributed by atoms with van der Waals surface area (Å²) in [6, 6.07) is 0. The number of carbonyl (C=O) groups is 1. The molecular formula is C20H33NO2. The number of fused-ring (bicyclic) bond motifs is 3. The Kier molecular flexibility index (Phi) is 4.25. The van der Waals surface area contributed by atoms with E-state index < -0.39 is 5.41 Å². The van der Waals surface area contributed by atoms with Crippen LogP contribution < -0.4 is 5.73 Å². The molecule has 130 valence electrons. The molecule has 0 heterocycles. The highest BCUT2D eigenvalue weighted by molar-refractivity contribution is 5.96. The quantitative estimate of drug-likeness (QED) is 0.819. The van der Waals surface area contributed by atoms with Gasteiger partial charge in [0.25, 0.3) is 0 Å². The van der Waals surface area contributed by atoms with Gasteiger partial charge in [-0.2, -0.15) is 0 Å². The largest absolute Gasteiger partial charge is 0.395 e. The Morgan fingerprint density at radius 3 is 2.57 bits per heavy atom. The molecule has 3 N–H and O–H groups in total. The molecule has 0 amide bonds. The van der Waals surface area contributed by atoms with Gasteiger partial charge in [0.15, 0.2) is 5.78 Å². The standard InChI is InChI=1S/C20H33NO2/c1-18(2)8-4-9-19(3)15(18)7-10-20(13-22)16(19)6-5-14(12-21)11-17(20)23/h11,15-16,22H,4-10,12-13,21H2,1-3H3. The minimum absolute atomic E-state index is 0.00636. The maximum absolute atomic E-state index is 13.1. The second-order valence-electron chi connectivity index (χ2n) is 9.22. The molecule has 3 aliphatic rings. The summed E-state index contributed by atoms with van der Waals surface area (Å²) in [5, 5.41) is 10.3. The molecule has 0 bridgehead atoms. The molecule has 4 atom stereocenters. The first-order valence-electron chi connectivity index (χ1n) is 9.35. The minimum atomic E-state index is -0.560. The van der Waals surface area contributed by atoms with Crippen LogP contribution in [-0.4, -0.2) is 24.0 Å². The molecule has 2 saturated carbocycles. The summed E-state index contributed by atoms with van der Waals surface area (Å²) >= 11 is 0. The third kappa shape index (κ3) is 2.42. The van der Waals surface area contributed by atoms with Crippen LogP contribution in [0.2, 0.25) is 0 Å². The van der Waals surface area contributed by atoms with Crippen LogP contribution >= 0.6 is 0 Å². The van der Waals surface area contributed by atoms with E-state index in [9.17, 15) is 9.90 Å². The van der Waals surface area contributed by atoms with Gasteiger partial charge in [-0.3, -0.25) is 4.79 Å². The third-order valence-corrected chi connectivity index (χ3v) is 7.74. The summed E-state index contributed by atoms with van der Waals surface area (Å²) in [6.07, 6.45) is 9.31. The molecule has 0 radical (unpaired) electrons. The highest BCUT2D eigenvalue weighted by Crippen LogP contribution is 2.65. The molecule has 0 aromatic heterocycles. The summed E-state index contributed by atoms with van der Waals surface area (Å²) in [5.41, 5.74) is 6.84. The van der Waals surface area contributed by atoms with Gasteiger partial charge in [0.05, 0.1) is 12.0 Å². The lowest BCUT2D eigenvalue weighted by atomic mass is 9.42. The van der Waals surface area contributed by atoms with E-state index in [2.05, 4.69) is 20.8 Å². The SMILES string of the molecule is CC1(C)CCCC2(C)C1CCC1(CO)C(=O)C=C(CN)CCC12. The normalized spacial score (nSPS) is 43.2. The lowest BCUT2D eigenvalue weighted by molar-refractivity contribution is -0.164. The number of hydrogen-bond acceptors (Lipinski definition) is 3. The van der Waals surface area contributed by atoms with E-state index in [0.29, 0.717) is 17.9 Å². The molecule has 3 rings (SSSR count). The number of rotatable bonds is 2. The number of aliphatic hydroxyl groups is 1. The van der Waals surface area contributed by atoms with Crippen LogP contribution in [-0.2, 0) is 4.79 Å². The molecule has 0 aliphatic heterocycles. The van der Waals surface area contributed by atoms with Crippen molar-refractivity contribution in [2.24, 2.45) is 33.8 Å². The third-order valence-electron chi connectivity index (χ3n) is 7.74. The van der Waals surface area contributed by atoms with Gasteiger partial charge in [0, 0.05) is 6.54 Å². The number of allylic oxidation sites excluding steroid dienone is 1. The van der Waals surface area contributed by atoms with Crippen molar-refractivity contribution < 1.29 is 9.90 Å². The monoisotopic (exact) mass is 319 g/mol. The first kappa shape index (κ1) is 17.2. The molecule has 0 aromatic carbocycles. The highest BCUT2D eigenvalue weighted by Gasteiger charge is 2.61. The van der Waals surface area contributed by atoms with Crippen molar-refractivity contribution in [3.8, 4) is 0 Å². The number of aliphatic hydroxyl groups excluding tert-OH is 1. The van der Waals surface area contributed by atoms with Crippen LogP contribution in [0.4, 0.5) is 0 Å². The average Bonchev–Trinajstić information content (AvgIpc) is 2.64. The fourth-order valence-corrected chi connectivity index (χ4v) is 6.57. The molecule has 3 nitrogen and oxygen atoms in total. The van der Waals surface area contributed by atoms with Crippen molar-refractivity contribution >= 4 is 5.78 Å². The van der Waals surface area contributed by atoms with Gasteiger partial charge in [0.2, 0.25) is 0 Å². The van der Waals surface area contributed by atoms with Crippen LogP contribution in [0, 0.1) is 28.1 Å². The summed E-state index contributed by atoms with van der Waals surface area (Å²) in [4.78, 5) is 13.1. The van der Waals surface area contributed by atoms with Gasteiger partial charge >= 0.3 is 0 Å². The van der Waals surface area contributed by atoms with E-state index in [0.717, 1.165) is 31.3 Å². The molecule has 0 aromatic rings. The van der Waals surface area contributed by atoms with Gasteiger partial charge < -0.3 is 10.8 Å². The number of carbonyl (C=O) groups excluding carboxylic acids is 1. The second-order valence-corrected chi connectivity index (χ2v) is 9.22. The summed E-state index contributed by atoms with van der Waals surface area (Å²) in [5.74, 6) is 1.08. The molecule has 2 fully saturated rings. The number of ketones is 1. The maximum Gasteiger partial charge on any atom is 0.164 e. The summed E-state index contributed by atoms with van der Waals surface area (Å²) < 4.78 is 0. The van der Waals surface area contributed by atoms with Gasteiger partial charge in [0.1, 0.15) is 0 Å². The Morgan fingerprint density at radius 1 is 1.17 bits per heavy atom.